The Hall–Kier alpha value is -1.20. The number of carbonyl (C=O) groups excluding carboxylic acids is 1. The first-order chi connectivity index (χ1) is 8.99. The average Bonchev–Trinajstić information content (AvgIpc) is 2.67. The molecule has 2 N–H and O–H groups in total. The van der Waals surface area contributed by atoms with Crippen molar-refractivity contribution in [1.82, 2.24) is 10.6 Å². The molecular formula is C13H15ClF2N2O. The van der Waals surface area contributed by atoms with Gasteiger partial charge in [0, 0.05) is 19.5 Å². The molecule has 1 aromatic carbocycles. The van der Waals surface area contributed by atoms with Crippen LogP contribution in [0.1, 0.15) is 12.5 Å². The van der Waals surface area contributed by atoms with E-state index in [2.05, 4.69) is 10.6 Å². The Morgan fingerprint density at radius 2 is 2.32 bits per heavy atom. The maximum absolute atomic E-state index is 13.8. The molecule has 3 atom stereocenters. The third-order valence-corrected chi connectivity index (χ3v) is 3.53. The summed E-state index contributed by atoms with van der Waals surface area (Å²) < 4.78 is 27.5. The van der Waals surface area contributed by atoms with Gasteiger partial charge in [0.15, 0.2) is 0 Å². The molecule has 1 saturated heterocycles. The van der Waals surface area contributed by atoms with Gasteiger partial charge in [0.2, 0.25) is 5.91 Å². The predicted molar refractivity (Wildman–Crippen MR) is 69.4 cm³/mol. The standard InChI is InChI=1S/C13H15ClF2N2O/c1-7(19)18-13-10(15)6-17-11(13)5-8-3-2-4-9(14)12(8)16/h2-4,10-11,13,17H,5-6H2,1H3,(H,18,19). The third kappa shape index (κ3) is 3.22. The van der Waals surface area contributed by atoms with Gasteiger partial charge in [-0.2, -0.15) is 0 Å². The zero-order valence-electron chi connectivity index (χ0n) is 10.4. The van der Waals surface area contributed by atoms with Crippen LogP contribution < -0.4 is 10.6 Å². The van der Waals surface area contributed by atoms with Crippen molar-refractivity contribution in [1.29, 1.82) is 0 Å². The van der Waals surface area contributed by atoms with Gasteiger partial charge in [-0.15, -0.1) is 0 Å². The van der Waals surface area contributed by atoms with E-state index in [1.165, 1.54) is 13.0 Å². The van der Waals surface area contributed by atoms with Crippen LogP contribution in [0.25, 0.3) is 0 Å². The van der Waals surface area contributed by atoms with Crippen molar-refractivity contribution in [3.05, 3.63) is 34.6 Å². The molecule has 104 valence electrons. The van der Waals surface area contributed by atoms with Crippen LogP contribution in [0.15, 0.2) is 18.2 Å². The Balaban J connectivity index is 2.13. The van der Waals surface area contributed by atoms with Gasteiger partial charge in [0.05, 0.1) is 11.1 Å². The zero-order valence-corrected chi connectivity index (χ0v) is 11.2. The highest BCUT2D eigenvalue weighted by atomic mass is 35.5. The summed E-state index contributed by atoms with van der Waals surface area (Å²) in [6, 6.07) is 3.74. The van der Waals surface area contributed by atoms with Gasteiger partial charge in [-0.3, -0.25) is 4.79 Å². The number of alkyl halides is 1. The van der Waals surface area contributed by atoms with Crippen LogP contribution in [-0.2, 0) is 11.2 Å². The van der Waals surface area contributed by atoms with Crippen LogP contribution in [0.5, 0.6) is 0 Å². The fourth-order valence-electron chi connectivity index (χ4n) is 2.34. The highest BCUT2D eigenvalue weighted by Gasteiger charge is 2.36. The molecule has 1 aliphatic heterocycles. The summed E-state index contributed by atoms with van der Waals surface area (Å²) in [6.07, 6.45) is -0.895. The molecule has 0 saturated carbocycles. The van der Waals surface area contributed by atoms with Crippen LogP contribution in [0.2, 0.25) is 5.02 Å². The van der Waals surface area contributed by atoms with E-state index >= 15 is 0 Å². The number of carbonyl (C=O) groups is 1. The summed E-state index contributed by atoms with van der Waals surface area (Å²) in [5, 5.41) is 5.57. The minimum absolute atomic E-state index is 0.0448. The summed E-state index contributed by atoms with van der Waals surface area (Å²) in [4.78, 5) is 11.1. The van der Waals surface area contributed by atoms with Gasteiger partial charge in [0.25, 0.3) is 0 Å². The molecule has 0 radical (unpaired) electrons. The third-order valence-electron chi connectivity index (χ3n) is 3.24. The average molecular weight is 289 g/mol. The van der Waals surface area contributed by atoms with E-state index in [-0.39, 0.29) is 29.9 Å². The van der Waals surface area contributed by atoms with E-state index in [1.54, 1.807) is 12.1 Å². The van der Waals surface area contributed by atoms with Crippen LogP contribution in [0.3, 0.4) is 0 Å². The second kappa shape index (κ2) is 5.84. The molecule has 3 unspecified atom stereocenters. The van der Waals surface area contributed by atoms with Crippen molar-refractivity contribution in [2.24, 2.45) is 0 Å². The van der Waals surface area contributed by atoms with Crippen molar-refractivity contribution < 1.29 is 13.6 Å². The van der Waals surface area contributed by atoms with Gasteiger partial charge in [-0.1, -0.05) is 23.7 Å². The minimum atomic E-state index is -1.17. The fourth-order valence-corrected chi connectivity index (χ4v) is 2.53. The van der Waals surface area contributed by atoms with E-state index in [9.17, 15) is 13.6 Å². The summed E-state index contributed by atoms with van der Waals surface area (Å²) in [7, 11) is 0. The predicted octanol–water partition coefficient (Wildman–Crippen LogP) is 1.84. The first-order valence-corrected chi connectivity index (χ1v) is 6.44. The highest BCUT2D eigenvalue weighted by molar-refractivity contribution is 6.30. The van der Waals surface area contributed by atoms with Gasteiger partial charge >= 0.3 is 0 Å². The van der Waals surface area contributed by atoms with Gasteiger partial charge in [-0.25, -0.2) is 8.78 Å². The Kier molecular flexibility index (Phi) is 4.37. The van der Waals surface area contributed by atoms with Crippen molar-refractivity contribution in [2.45, 2.75) is 31.6 Å². The topological polar surface area (TPSA) is 41.1 Å². The lowest BCUT2D eigenvalue weighted by Gasteiger charge is -2.21. The molecular weight excluding hydrogens is 274 g/mol. The van der Waals surface area contributed by atoms with Crippen molar-refractivity contribution in [3.8, 4) is 0 Å². The number of amides is 1. The molecule has 19 heavy (non-hydrogen) atoms. The molecule has 0 spiro atoms. The van der Waals surface area contributed by atoms with E-state index in [0.29, 0.717) is 5.56 Å². The number of rotatable bonds is 3. The molecule has 1 aromatic rings. The number of hydrogen-bond acceptors (Lipinski definition) is 2. The monoisotopic (exact) mass is 288 g/mol. The van der Waals surface area contributed by atoms with Crippen LogP contribution in [0, 0.1) is 5.82 Å². The number of nitrogens with one attached hydrogen (secondary N) is 2. The SMILES string of the molecule is CC(=O)NC1C(F)CNC1Cc1cccc(Cl)c1F. The zero-order chi connectivity index (χ0) is 14.0. The van der Waals surface area contributed by atoms with E-state index in [1.807, 2.05) is 0 Å². The Morgan fingerprint density at radius 3 is 3.00 bits per heavy atom. The number of benzene rings is 1. The molecule has 1 fully saturated rings. The van der Waals surface area contributed by atoms with Gasteiger partial charge in [0.1, 0.15) is 12.0 Å². The molecule has 0 bridgehead atoms. The normalized spacial score (nSPS) is 26.4. The number of hydrogen-bond donors (Lipinski definition) is 2. The maximum atomic E-state index is 13.8. The molecule has 0 aliphatic carbocycles. The molecule has 3 nitrogen and oxygen atoms in total. The summed E-state index contributed by atoms with van der Waals surface area (Å²) in [6.45, 7) is 1.49. The highest BCUT2D eigenvalue weighted by Crippen LogP contribution is 2.22. The van der Waals surface area contributed by atoms with Crippen LogP contribution in [-0.4, -0.2) is 30.7 Å². The summed E-state index contributed by atoms with van der Waals surface area (Å²) in [5.41, 5.74) is 0.412. The molecule has 1 amide bonds. The second-order valence-electron chi connectivity index (χ2n) is 4.67. The second-order valence-corrected chi connectivity index (χ2v) is 5.08. The largest absolute Gasteiger partial charge is 0.349 e. The molecule has 6 heteroatoms. The van der Waals surface area contributed by atoms with Crippen LogP contribution in [0.4, 0.5) is 8.78 Å². The van der Waals surface area contributed by atoms with Crippen molar-refractivity contribution in [2.75, 3.05) is 6.54 Å². The smallest absolute Gasteiger partial charge is 0.217 e. The first kappa shape index (κ1) is 14.2. The molecule has 1 heterocycles. The lowest BCUT2D eigenvalue weighted by Crippen LogP contribution is -2.47. The van der Waals surface area contributed by atoms with E-state index in [0.717, 1.165) is 0 Å². The van der Waals surface area contributed by atoms with Gasteiger partial charge < -0.3 is 10.6 Å². The lowest BCUT2D eigenvalue weighted by molar-refractivity contribution is -0.120. The lowest BCUT2D eigenvalue weighted by atomic mass is 9.99. The Labute approximate surface area is 115 Å². The van der Waals surface area contributed by atoms with E-state index < -0.39 is 18.0 Å². The Morgan fingerprint density at radius 1 is 1.58 bits per heavy atom. The van der Waals surface area contributed by atoms with Crippen LogP contribution >= 0.6 is 11.6 Å². The fraction of sp³-hybridized carbons (Fsp3) is 0.462. The number of halogens is 3. The minimum Gasteiger partial charge on any atom is -0.349 e. The van der Waals surface area contributed by atoms with Crippen molar-refractivity contribution >= 4 is 17.5 Å². The Bertz CT molecular complexity index is 484. The first-order valence-electron chi connectivity index (χ1n) is 6.06. The molecule has 2 rings (SSSR count). The van der Waals surface area contributed by atoms with Gasteiger partial charge in [-0.05, 0) is 18.1 Å². The molecule has 1 aliphatic rings. The van der Waals surface area contributed by atoms with Crippen molar-refractivity contribution in [3.63, 3.8) is 0 Å². The maximum Gasteiger partial charge on any atom is 0.217 e. The quantitative estimate of drug-likeness (QED) is 0.891. The summed E-state index contributed by atoms with van der Waals surface area (Å²) in [5.74, 6) is -0.789. The molecule has 0 aromatic heterocycles. The summed E-state index contributed by atoms with van der Waals surface area (Å²) >= 11 is 5.71. The van der Waals surface area contributed by atoms with E-state index in [4.69, 9.17) is 11.6 Å².